The molecule has 4 amide bonds. The van der Waals surface area contributed by atoms with Gasteiger partial charge in [-0.15, -0.1) is 0 Å². The fourth-order valence-corrected chi connectivity index (χ4v) is 2.91. The van der Waals surface area contributed by atoms with Crippen LogP contribution in [-0.2, 0) is 15.1 Å². The molecule has 24 heavy (non-hydrogen) atoms. The predicted octanol–water partition coefficient (Wildman–Crippen LogP) is 2.27. The van der Waals surface area contributed by atoms with Crippen molar-refractivity contribution in [2.24, 2.45) is 5.92 Å². The number of carbonyl (C=O) groups excluding carboxylic acids is 3. The Kier molecular flexibility index (Phi) is 5.49. The second-order valence-electron chi connectivity index (χ2n) is 6.46. The molecule has 1 aliphatic rings. The third-order valence-electron chi connectivity index (χ3n) is 4.03. The first kappa shape index (κ1) is 18.3. The lowest BCUT2D eigenvalue weighted by atomic mass is 9.92. The molecule has 1 aliphatic heterocycles. The lowest BCUT2D eigenvalue weighted by Crippen LogP contribution is -2.43. The topological polar surface area (TPSA) is 78.5 Å². The zero-order valence-electron chi connectivity index (χ0n) is 14.1. The minimum Gasteiger partial charge on any atom is -0.355 e. The quantitative estimate of drug-likeness (QED) is 0.772. The van der Waals surface area contributed by atoms with Crippen LogP contribution in [0, 0.1) is 5.92 Å². The van der Waals surface area contributed by atoms with Gasteiger partial charge in [-0.05, 0) is 25.3 Å². The summed E-state index contributed by atoms with van der Waals surface area (Å²) in [5.74, 6) is -0.382. The van der Waals surface area contributed by atoms with Gasteiger partial charge in [-0.25, -0.2) is 4.79 Å². The highest BCUT2D eigenvalue weighted by atomic mass is 35.5. The van der Waals surface area contributed by atoms with Crippen LogP contribution in [0.15, 0.2) is 24.3 Å². The smallest absolute Gasteiger partial charge is 0.325 e. The molecule has 0 radical (unpaired) electrons. The summed E-state index contributed by atoms with van der Waals surface area (Å²) < 4.78 is 0. The van der Waals surface area contributed by atoms with Gasteiger partial charge in [-0.3, -0.25) is 14.5 Å². The zero-order valence-corrected chi connectivity index (χ0v) is 14.8. The lowest BCUT2D eigenvalue weighted by Gasteiger charge is -2.23. The summed E-state index contributed by atoms with van der Waals surface area (Å²) in [5.41, 5.74) is -0.763. The van der Waals surface area contributed by atoms with E-state index in [9.17, 15) is 14.4 Å². The highest BCUT2D eigenvalue weighted by molar-refractivity contribution is 6.32. The molecule has 0 spiro atoms. The average molecular weight is 352 g/mol. The number of amides is 4. The molecule has 0 aliphatic carbocycles. The minimum absolute atomic E-state index is 0.303. The summed E-state index contributed by atoms with van der Waals surface area (Å²) in [6.45, 7) is 5.91. The van der Waals surface area contributed by atoms with E-state index >= 15 is 0 Å². The largest absolute Gasteiger partial charge is 0.355 e. The average Bonchev–Trinajstić information content (AvgIpc) is 2.71. The monoisotopic (exact) mass is 351 g/mol. The first-order chi connectivity index (χ1) is 11.3. The number of nitrogens with zero attached hydrogens (tertiary/aromatic N) is 1. The number of nitrogens with one attached hydrogen (secondary N) is 2. The Morgan fingerprint density at radius 1 is 1.33 bits per heavy atom. The number of hydrogen-bond acceptors (Lipinski definition) is 3. The molecule has 6 nitrogen and oxygen atoms in total. The van der Waals surface area contributed by atoms with E-state index in [0.717, 1.165) is 11.3 Å². The van der Waals surface area contributed by atoms with E-state index in [1.165, 1.54) is 0 Å². The van der Waals surface area contributed by atoms with Gasteiger partial charge in [0.25, 0.3) is 5.91 Å². The Hall–Kier alpha value is -2.08. The Balaban J connectivity index is 2.09. The van der Waals surface area contributed by atoms with E-state index in [-0.39, 0.29) is 12.5 Å². The lowest BCUT2D eigenvalue weighted by molar-refractivity contribution is -0.134. The van der Waals surface area contributed by atoms with Crippen LogP contribution in [0.25, 0.3) is 0 Å². The molecule has 0 saturated carbocycles. The molecular formula is C17H22ClN3O3. The number of hydrogen-bond donors (Lipinski definition) is 2. The maximum absolute atomic E-state index is 12.7. The molecule has 0 bridgehead atoms. The van der Waals surface area contributed by atoms with E-state index in [1.54, 1.807) is 31.2 Å². The van der Waals surface area contributed by atoms with E-state index in [0.29, 0.717) is 23.0 Å². The van der Waals surface area contributed by atoms with Gasteiger partial charge in [0.1, 0.15) is 12.1 Å². The summed E-state index contributed by atoms with van der Waals surface area (Å²) in [5, 5.41) is 5.75. The number of carbonyl (C=O) groups is 3. The van der Waals surface area contributed by atoms with Gasteiger partial charge in [0, 0.05) is 17.1 Å². The van der Waals surface area contributed by atoms with Crippen LogP contribution in [0.2, 0.25) is 5.02 Å². The van der Waals surface area contributed by atoms with Crippen molar-refractivity contribution in [3.05, 3.63) is 34.9 Å². The molecule has 7 heteroatoms. The van der Waals surface area contributed by atoms with Crippen LogP contribution in [0.3, 0.4) is 0 Å². The van der Waals surface area contributed by atoms with E-state index in [2.05, 4.69) is 24.5 Å². The maximum Gasteiger partial charge on any atom is 0.325 e. The highest BCUT2D eigenvalue weighted by Gasteiger charge is 2.50. The van der Waals surface area contributed by atoms with Crippen LogP contribution in [-0.4, -0.2) is 35.8 Å². The normalized spacial score (nSPS) is 20.5. The molecule has 0 unspecified atom stereocenters. The molecule has 1 heterocycles. The van der Waals surface area contributed by atoms with Gasteiger partial charge >= 0.3 is 6.03 Å². The van der Waals surface area contributed by atoms with Crippen molar-refractivity contribution in [3.63, 3.8) is 0 Å². The van der Waals surface area contributed by atoms with E-state index in [1.807, 2.05) is 0 Å². The van der Waals surface area contributed by atoms with Crippen LogP contribution in [0.1, 0.15) is 32.8 Å². The van der Waals surface area contributed by atoms with E-state index in [4.69, 9.17) is 11.6 Å². The molecule has 130 valence electrons. The Morgan fingerprint density at radius 2 is 2.00 bits per heavy atom. The number of imide groups is 1. The van der Waals surface area contributed by atoms with Gasteiger partial charge in [-0.1, -0.05) is 43.6 Å². The van der Waals surface area contributed by atoms with Gasteiger partial charge in [0.2, 0.25) is 5.91 Å². The second-order valence-corrected chi connectivity index (χ2v) is 6.87. The molecule has 1 fully saturated rings. The van der Waals surface area contributed by atoms with Gasteiger partial charge < -0.3 is 10.6 Å². The third kappa shape index (κ3) is 3.70. The first-order valence-electron chi connectivity index (χ1n) is 7.91. The first-order valence-corrected chi connectivity index (χ1v) is 8.29. The predicted molar refractivity (Wildman–Crippen MR) is 91.5 cm³/mol. The standard InChI is InChI=1S/C17H22ClN3O3/c1-11(2)8-9-19-14(22)10-21-15(23)17(3,20-16(21)24)12-6-4-5-7-13(12)18/h4-7,11H,8-10H2,1-3H3,(H,19,22)(H,20,24)/t17-/m1/s1. The Morgan fingerprint density at radius 3 is 2.62 bits per heavy atom. The SMILES string of the molecule is CC(C)CCNC(=O)CN1C(=O)N[C@](C)(c2ccccc2Cl)C1=O. The third-order valence-corrected chi connectivity index (χ3v) is 4.36. The van der Waals surface area contributed by atoms with Crippen LogP contribution in [0.5, 0.6) is 0 Å². The zero-order chi connectivity index (χ0) is 17.9. The number of rotatable bonds is 6. The molecule has 2 N–H and O–H groups in total. The summed E-state index contributed by atoms with van der Waals surface area (Å²) in [4.78, 5) is 37.8. The van der Waals surface area contributed by atoms with Gasteiger partial charge in [0.05, 0.1) is 0 Å². The van der Waals surface area contributed by atoms with Gasteiger partial charge in [-0.2, -0.15) is 0 Å². The van der Waals surface area contributed by atoms with Crippen molar-refractivity contribution >= 4 is 29.4 Å². The summed E-state index contributed by atoms with van der Waals surface area (Å²) >= 11 is 6.16. The van der Waals surface area contributed by atoms with Crippen molar-refractivity contribution in [1.82, 2.24) is 15.5 Å². The fourth-order valence-electron chi connectivity index (χ4n) is 2.59. The van der Waals surface area contributed by atoms with Crippen LogP contribution < -0.4 is 10.6 Å². The Labute approximate surface area is 146 Å². The van der Waals surface area contributed by atoms with Crippen LogP contribution in [0.4, 0.5) is 4.79 Å². The Bertz CT molecular complexity index is 662. The van der Waals surface area contributed by atoms with Crippen molar-refractivity contribution in [2.45, 2.75) is 32.7 Å². The summed E-state index contributed by atoms with van der Waals surface area (Å²) in [7, 11) is 0. The second kappa shape index (κ2) is 7.21. The van der Waals surface area contributed by atoms with E-state index < -0.39 is 17.5 Å². The summed E-state index contributed by atoms with van der Waals surface area (Å²) in [6.07, 6.45) is 0.837. The molecule has 1 aromatic carbocycles. The minimum atomic E-state index is -1.27. The van der Waals surface area contributed by atoms with Crippen molar-refractivity contribution in [2.75, 3.05) is 13.1 Å². The number of benzene rings is 1. The maximum atomic E-state index is 12.7. The number of halogens is 1. The molecular weight excluding hydrogens is 330 g/mol. The molecule has 1 aromatic rings. The molecule has 1 atom stereocenters. The molecule has 1 saturated heterocycles. The fraction of sp³-hybridized carbons (Fsp3) is 0.471. The summed E-state index contributed by atoms with van der Waals surface area (Å²) in [6, 6.07) is 6.24. The van der Waals surface area contributed by atoms with Crippen molar-refractivity contribution < 1.29 is 14.4 Å². The van der Waals surface area contributed by atoms with Crippen molar-refractivity contribution in [1.29, 1.82) is 0 Å². The van der Waals surface area contributed by atoms with Crippen molar-refractivity contribution in [3.8, 4) is 0 Å². The number of urea groups is 1. The van der Waals surface area contributed by atoms with Crippen LogP contribution >= 0.6 is 11.6 Å². The molecule has 2 rings (SSSR count). The van der Waals surface area contributed by atoms with Gasteiger partial charge in [0.15, 0.2) is 0 Å². The molecule has 0 aromatic heterocycles. The highest BCUT2D eigenvalue weighted by Crippen LogP contribution is 2.33.